The molecule has 1 aromatic carbocycles. The fraction of sp³-hybridized carbons (Fsp3) is 0.429. The lowest BCUT2D eigenvalue weighted by Gasteiger charge is -2.33. The van der Waals surface area contributed by atoms with E-state index in [1.807, 2.05) is 44.4 Å². The van der Waals surface area contributed by atoms with Crippen LogP contribution in [0.2, 0.25) is 0 Å². The largest absolute Gasteiger partial charge is 0.373 e. The summed E-state index contributed by atoms with van der Waals surface area (Å²) in [5, 5.41) is 3.09. The summed E-state index contributed by atoms with van der Waals surface area (Å²) in [6, 6.07) is 12.2. The molecule has 1 aliphatic rings. The van der Waals surface area contributed by atoms with E-state index in [9.17, 15) is 4.79 Å². The number of benzene rings is 1. The van der Waals surface area contributed by atoms with Crippen molar-refractivity contribution in [1.29, 1.82) is 0 Å². The Hall–Kier alpha value is -2.40. The highest BCUT2D eigenvalue weighted by Gasteiger charge is 2.25. The number of rotatable bonds is 5. The minimum Gasteiger partial charge on any atom is -0.373 e. The molecule has 0 aliphatic carbocycles. The zero-order valence-corrected chi connectivity index (χ0v) is 15.9. The van der Waals surface area contributed by atoms with Crippen LogP contribution in [0, 0.1) is 0 Å². The fourth-order valence-electron chi connectivity index (χ4n) is 3.57. The van der Waals surface area contributed by atoms with Gasteiger partial charge in [0.05, 0.1) is 0 Å². The van der Waals surface area contributed by atoms with E-state index in [-0.39, 0.29) is 5.91 Å². The summed E-state index contributed by atoms with van der Waals surface area (Å²) in [6.07, 6.45) is 3.98. The van der Waals surface area contributed by atoms with Crippen LogP contribution in [0.1, 0.15) is 40.2 Å². The van der Waals surface area contributed by atoms with Crippen LogP contribution in [0.4, 0.5) is 5.82 Å². The lowest BCUT2D eigenvalue weighted by Crippen LogP contribution is -2.39. The van der Waals surface area contributed by atoms with Gasteiger partial charge < -0.3 is 15.1 Å². The summed E-state index contributed by atoms with van der Waals surface area (Å²) in [6.45, 7) is 2.49. The van der Waals surface area contributed by atoms with Crippen LogP contribution in [-0.2, 0) is 6.54 Å². The summed E-state index contributed by atoms with van der Waals surface area (Å²) in [5.41, 5.74) is 3.25. The molecular formula is C21H28N4O. The predicted octanol–water partition coefficient (Wildman–Crippen LogP) is 3.20. The maximum Gasteiger partial charge on any atom is 0.253 e. The van der Waals surface area contributed by atoms with E-state index in [0.29, 0.717) is 5.92 Å². The first-order valence-electron chi connectivity index (χ1n) is 9.23. The summed E-state index contributed by atoms with van der Waals surface area (Å²) in [5.74, 6) is 1.38. The zero-order valence-electron chi connectivity index (χ0n) is 15.9. The molecule has 1 aliphatic heterocycles. The Kier molecular flexibility index (Phi) is 5.89. The van der Waals surface area contributed by atoms with Crippen molar-refractivity contribution in [3.8, 4) is 0 Å². The van der Waals surface area contributed by atoms with Crippen molar-refractivity contribution in [3.05, 3.63) is 59.3 Å². The van der Waals surface area contributed by atoms with Gasteiger partial charge in [-0.3, -0.25) is 4.79 Å². The Balaban J connectivity index is 1.69. The average molecular weight is 352 g/mol. The van der Waals surface area contributed by atoms with Crippen molar-refractivity contribution in [2.24, 2.45) is 0 Å². The topological polar surface area (TPSA) is 48.5 Å². The SMILES string of the molecule is CNc1cc([C@@H]2CCCN(C(=O)c3ccc(CN(C)C)cc3)C2)ccn1. The first kappa shape index (κ1) is 18.4. The van der Waals surface area contributed by atoms with Crippen LogP contribution in [0.25, 0.3) is 0 Å². The van der Waals surface area contributed by atoms with Crippen LogP contribution in [0.3, 0.4) is 0 Å². The van der Waals surface area contributed by atoms with E-state index in [0.717, 1.165) is 43.9 Å². The maximum atomic E-state index is 12.9. The third kappa shape index (κ3) is 4.41. The molecule has 1 fully saturated rings. The number of anilines is 1. The first-order valence-corrected chi connectivity index (χ1v) is 9.23. The van der Waals surface area contributed by atoms with Crippen molar-refractivity contribution in [2.45, 2.75) is 25.3 Å². The second kappa shape index (κ2) is 8.32. The Labute approximate surface area is 156 Å². The molecule has 26 heavy (non-hydrogen) atoms. The number of pyridine rings is 1. The van der Waals surface area contributed by atoms with E-state index < -0.39 is 0 Å². The number of piperidine rings is 1. The van der Waals surface area contributed by atoms with Gasteiger partial charge in [0.1, 0.15) is 5.82 Å². The highest BCUT2D eigenvalue weighted by molar-refractivity contribution is 5.94. The van der Waals surface area contributed by atoms with Gasteiger partial charge in [-0.1, -0.05) is 12.1 Å². The fourth-order valence-corrected chi connectivity index (χ4v) is 3.57. The molecule has 2 aromatic rings. The van der Waals surface area contributed by atoms with Gasteiger partial charge >= 0.3 is 0 Å². The Bertz CT molecular complexity index is 742. The second-order valence-electron chi connectivity index (χ2n) is 7.25. The molecule has 1 amide bonds. The van der Waals surface area contributed by atoms with Crippen molar-refractivity contribution in [3.63, 3.8) is 0 Å². The van der Waals surface area contributed by atoms with E-state index in [4.69, 9.17) is 0 Å². The van der Waals surface area contributed by atoms with Gasteiger partial charge in [-0.25, -0.2) is 4.98 Å². The molecule has 3 rings (SSSR count). The maximum absolute atomic E-state index is 12.9. The number of amides is 1. The number of likely N-dealkylation sites (tertiary alicyclic amines) is 1. The molecule has 5 nitrogen and oxygen atoms in total. The molecule has 1 N–H and O–H groups in total. The zero-order chi connectivity index (χ0) is 18.5. The lowest BCUT2D eigenvalue weighted by atomic mass is 9.90. The Morgan fingerprint density at radius 3 is 2.73 bits per heavy atom. The van der Waals surface area contributed by atoms with Gasteiger partial charge in [0.25, 0.3) is 5.91 Å². The molecule has 0 saturated carbocycles. The minimum atomic E-state index is 0.133. The minimum absolute atomic E-state index is 0.133. The van der Waals surface area contributed by atoms with Gasteiger partial charge in [-0.15, -0.1) is 0 Å². The smallest absolute Gasteiger partial charge is 0.253 e. The normalized spacial score (nSPS) is 17.4. The van der Waals surface area contributed by atoms with Gasteiger partial charge in [0.15, 0.2) is 0 Å². The predicted molar refractivity (Wildman–Crippen MR) is 105 cm³/mol. The highest BCUT2D eigenvalue weighted by Crippen LogP contribution is 2.28. The number of hydrogen-bond acceptors (Lipinski definition) is 4. The highest BCUT2D eigenvalue weighted by atomic mass is 16.2. The lowest BCUT2D eigenvalue weighted by molar-refractivity contribution is 0.0707. The molecule has 1 aromatic heterocycles. The molecule has 1 saturated heterocycles. The molecule has 0 radical (unpaired) electrons. The molecule has 0 spiro atoms. The van der Waals surface area contributed by atoms with Gasteiger partial charge in [0.2, 0.25) is 0 Å². The van der Waals surface area contributed by atoms with Gasteiger partial charge in [-0.05, 0) is 62.3 Å². The van der Waals surface area contributed by atoms with Gasteiger partial charge in [0, 0.05) is 44.4 Å². The van der Waals surface area contributed by atoms with Crippen LogP contribution in [-0.4, -0.2) is 54.9 Å². The van der Waals surface area contributed by atoms with Crippen molar-refractivity contribution in [1.82, 2.24) is 14.8 Å². The van der Waals surface area contributed by atoms with E-state index in [1.165, 1.54) is 11.1 Å². The molecule has 0 bridgehead atoms. The van der Waals surface area contributed by atoms with E-state index in [1.54, 1.807) is 0 Å². The van der Waals surface area contributed by atoms with E-state index >= 15 is 0 Å². The summed E-state index contributed by atoms with van der Waals surface area (Å²) < 4.78 is 0. The molecule has 2 heterocycles. The van der Waals surface area contributed by atoms with Crippen LogP contribution in [0.15, 0.2) is 42.6 Å². The number of carbonyl (C=O) groups is 1. The Morgan fingerprint density at radius 1 is 1.27 bits per heavy atom. The molecule has 0 unspecified atom stereocenters. The molecular weight excluding hydrogens is 324 g/mol. The van der Waals surface area contributed by atoms with Crippen LogP contribution in [0.5, 0.6) is 0 Å². The van der Waals surface area contributed by atoms with Gasteiger partial charge in [-0.2, -0.15) is 0 Å². The van der Waals surface area contributed by atoms with Crippen molar-refractivity contribution < 1.29 is 4.79 Å². The summed E-state index contributed by atoms with van der Waals surface area (Å²) in [4.78, 5) is 21.3. The quantitative estimate of drug-likeness (QED) is 0.898. The molecule has 138 valence electrons. The second-order valence-corrected chi connectivity index (χ2v) is 7.25. The molecule has 1 atom stereocenters. The number of carbonyl (C=O) groups excluding carboxylic acids is 1. The monoisotopic (exact) mass is 352 g/mol. The number of nitrogens with one attached hydrogen (secondary N) is 1. The van der Waals surface area contributed by atoms with Crippen LogP contribution >= 0.6 is 0 Å². The summed E-state index contributed by atoms with van der Waals surface area (Å²) in [7, 11) is 5.97. The number of aromatic nitrogens is 1. The average Bonchev–Trinajstić information content (AvgIpc) is 2.68. The van der Waals surface area contributed by atoms with Crippen LogP contribution < -0.4 is 5.32 Å². The standard InChI is InChI=1S/C21H28N4O/c1-22-20-13-18(10-11-23-20)19-5-4-12-25(15-19)21(26)17-8-6-16(7-9-17)14-24(2)3/h6-11,13,19H,4-5,12,14-15H2,1-3H3,(H,22,23)/t19-/m1/s1. The number of hydrogen-bond donors (Lipinski definition) is 1. The third-order valence-corrected chi connectivity index (χ3v) is 4.92. The van der Waals surface area contributed by atoms with Crippen molar-refractivity contribution >= 4 is 11.7 Å². The first-order chi connectivity index (χ1) is 12.6. The third-order valence-electron chi connectivity index (χ3n) is 4.92. The number of nitrogens with zero attached hydrogens (tertiary/aromatic N) is 3. The summed E-state index contributed by atoms with van der Waals surface area (Å²) >= 11 is 0. The van der Waals surface area contributed by atoms with E-state index in [2.05, 4.69) is 39.5 Å². The van der Waals surface area contributed by atoms with Crippen molar-refractivity contribution in [2.75, 3.05) is 39.5 Å². The Morgan fingerprint density at radius 2 is 2.04 bits per heavy atom. The molecule has 5 heteroatoms.